The topological polar surface area (TPSA) is 86.7 Å². The van der Waals surface area contributed by atoms with Gasteiger partial charge in [0.05, 0.1) is 23.7 Å². The normalized spacial score (nSPS) is 16.4. The van der Waals surface area contributed by atoms with E-state index in [-0.39, 0.29) is 18.1 Å². The predicted octanol–water partition coefficient (Wildman–Crippen LogP) is 6.07. The third kappa shape index (κ3) is 4.23. The third-order valence-corrected chi connectivity index (χ3v) is 9.23. The second-order valence-corrected chi connectivity index (χ2v) is 11.3. The molecule has 0 bridgehead atoms. The Labute approximate surface area is 233 Å². The Morgan fingerprint density at radius 2 is 1.25 bits per heavy atom. The van der Waals surface area contributed by atoms with Crippen LogP contribution in [0.4, 0.5) is 0 Å². The van der Waals surface area contributed by atoms with Gasteiger partial charge in [-0.25, -0.2) is 18.0 Å². The van der Waals surface area contributed by atoms with Crippen molar-refractivity contribution in [2.45, 2.75) is 23.5 Å². The van der Waals surface area contributed by atoms with Gasteiger partial charge < -0.3 is 9.47 Å². The number of carbonyl (C=O) groups excluding carboxylic acids is 2. The minimum atomic E-state index is -4.41. The van der Waals surface area contributed by atoms with Crippen LogP contribution >= 0.6 is 0 Å². The van der Waals surface area contributed by atoms with Crippen LogP contribution in [0.3, 0.4) is 0 Å². The number of fused-ring (bicyclic) bond motifs is 1. The van der Waals surface area contributed by atoms with Gasteiger partial charge in [-0.3, -0.25) is 0 Å². The van der Waals surface area contributed by atoms with Gasteiger partial charge in [-0.1, -0.05) is 84.9 Å². The van der Waals surface area contributed by atoms with Crippen LogP contribution < -0.4 is 0 Å². The minimum Gasteiger partial charge on any atom is -0.464 e. The number of rotatable bonds is 8. The molecule has 0 aliphatic heterocycles. The molecule has 40 heavy (non-hydrogen) atoms. The molecule has 5 rings (SSSR count). The van der Waals surface area contributed by atoms with E-state index in [9.17, 15) is 18.0 Å². The Morgan fingerprint density at radius 3 is 1.88 bits per heavy atom. The number of sulfone groups is 1. The van der Waals surface area contributed by atoms with Gasteiger partial charge in [0.2, 0.25) is 14.6 Å². The van der Waals surface area contributed by atoms with Crippen molar-refractivity contribution in [3.05, 3.63) is 137 Å². The van der Waals surface area contributed by atoms with Gasteiger partial charge >= 0.3 is 11.9 Å². The summed E-state index contributed by atoms with van der Waals surface area (Å²) < 4.78 is 38.2. The molecule has 0 amide bonds. The molecule has 0 saturated carbocycles. The maximum atomic E-state index is 14.8. The van der Waals surface area contributed by atoms with Crippen LogP contribution in [0.1, 0.15) is 46.5 Å². The highest BCUT2D eigenvalue weighted by molar-refractivity contribution is 7.93. The zero-order valence-corrected chi connectivity index (χ0v) is 23.0. The molecule has 0 spiro atoms. The fourth-order valence-corrected chi connectivity index (χ4v) is 7.41. The van der Waals surface area contributed by atoms with Crippen LogP contribution in [0.5, 0.6) is 0 Å². The van der Waals surface area contributed by atoms with E-state index in [4.69, 9.17) is 9.47 Å². The third-order valence-electron chi connectivity index (χ3n) is 6.94. The van der Waals surface area contributed by atoms with E-state index in [1.165, 1.54) is 12.1 Å². The largest absolute Gasteiger partial charge is 0.464 e. The molecular formula is C33H28O6S. The van der Waals surface area contributed by atoms with Crippen molar-refractivity contribution in [3.8, 4) is 0 Å². The van der Waals surface area contributed by atoms with Crippen molar-refractivity contribution < 1.29 is 27.5 Å². The number of carbonyl (C=O) groups is 2. The molecule has 7 heteroatoms. The van der Waals surface area contributed by atoms with E-state index >= 15 is 0 Å². The summed E-state index contributed by atoms with van der Waals surface area (Å²) in [5, 5.41) is 0. The van der Waals surface area contributed by atoms with Crippen LogP contribution in [0.15, 0.2) is 114 Å². The molecule has 0 N–H and O–H groups in total. The lowest BCUT2D eigenvalue weighted by Crippen LogP contribution is -2.45. The predicted molar refractivity (Wildman–Crippen MR) is 153 cm³/mol. The molecule has 6 nitrogen and oxygen atoms in total. The molecule has 4 aromatic rings. The Morgan fingerprint density at radius 1 is 0.675 bits per heavy atom. The standard InChI is InChI=1S/C33H28O6S/c1-3-38-31(34)25-21-19-23(20-22-25)29-27-17-11-12-18-28(27)33(32(35)39-4-2,30(29)24-13-7-5-8-14-24)40(36,37)26-15-9-6-10-16-26/h5-22H,3-4H2,1-2H3. The van der Waals surface area contributed by atoms with Crippen molar-refractivity contribution in [1.82, 2.24) is 0 Å². The summed E-state index contributed by atoms with van der Waals surface area (Å²) in [5.41, 5.74) is 3.38. The summed E-state index contributed by atoms with van der Waals surface area (Å²) >= 11 is 0. The van der Waals surface area contributed by atoms with Crippen LogP contribution in [-0.2, 0) is 28.9 Å². The molecule has 1 aliphatic rings. The van der Waals surface area contributed by atoms with Crippen molar-refractivity contribution in [2.24, 2.45) is 0 Å². The average Bonchev–Trinajstić information content (AvgIpc) is 3.31. The fourth-order valence-electron chi connectivity index (χ4n) is 5.30. The van der Waals surface area contributed by atoms with Gasteiger partial charge in [0, 0.05) is 5.57 Å². The van der Waals surface area contributed by atoms with E-state index in [0.717, 1.165) is 0 Å². The quantitative estimate of drug-likeness (QED) is 0.247. The zero-order valence-electron chi connectivity index (χ0n) is 22.2. The SMILES string of the molecule is CCOC(=O)c1ccc(C2=C(c3ccccc3)C(C(=O)OCC)(S(=O)(=O)c3ccccc3)c3ccccc32)cc1. The Balaban J connectivity index is 1.92. The molecule has 1 atom stereocenters. The fraction of sp³-hybridized carbons (Fsp3) is 0.152. The maximum Gasteiger partial charge on any atom is 0.338 e. The van der Waals surface area contributed by atoms with Gasteiger partial charge in [0.1, 0.15) is 0 Å². The van der Waals surface area contributed by atoms with Crippen LogP contribution in [-0.4, -0.2) is 33.6 Å². The second kappa shape index (κ2) is 10.9. The molecule has 1 unspecified atom stereocenters. The Hall–Kier alpha value is -4.49. The molecule has 0 radical (unpaired) electrons. The first-order valence-electron chi connectivity index (χ1n) is 13.0. The molecule has 202 valence electrons. The average molecular weight is 553 g/mol. The van der Waals surface area contributed by atoms with E-state index in [0.29, 0.717) is 39.0 Å². The molecule has 0 saturated heterocycles. The van der Waals surface area contributed by atoms with Gasteiger partial charge in [-0.05, 0) is 65.9 Å². The van der Waals surface area contributed by atoms with E-state index < -0.39 is 26.5 Å². The molecule has 0 fully saturated rings. The number of hydrogen-bond acceptors (Lipinski definition) is 6. The summed E-state index contributed by atoms with van der Waals surface area (Å²) in [7, 11) is -4.41. The van der Waals surface area contributed by atoms with Gasteiger partial charge in [0.25, 0.3) is 0 Å². The lowest BCUT2D eigenvalue weighted by Gasteiger charge is -2.31. The number of hydrogen-bond donors (Lipinski definition) is 0. The highest BCUT2D eigenvalue weighted by Gasteiger charge is 2.62. The van der Waals surface area contributed by atoms with Crippen LogP contribution in [0, 0.1) is 0 Å². The van der Waals surface area contributed by atoms with E-state index in [1.807, 2.05) is 18.2 Å². The van der Waals surface area contributed by atoms with Gasteiger partial charge in [0.15, 0.2) is 0 Å². The first-order valence-corrected chi connectivity index (χ1v) is 14.5. The van der Waals surface area contributed by atoms with Gasteiger partial charge in [-0.2, -0.15) is 0 Å². The minimum absolute atomic E-state index is 0.00129. The maximum absolute atomic E-state index is 14.8. The lowest BCUT2D eigenvalue weighted by molar-refractivity contribution is -0.144. The van der Waals surface area contributed by atoms with Crippen LogP contribution in [0.25, 0.3) is 11.1 Å². The number of ether oxygens (including phenoxy) is 2. The molecule has 0 aromatic heterocycles. The zero-order chi connectivity index (χ0) is 28.3. The first kappa shape index (κ1) is 27.1. The summed E-state index contributed by atoms with van der Waals surface area (Å²) in [5.74, 6) is -1.33. The highest BCUT2D eigenvalue weighted by Crippen LogP contribution is 2.58. The highest BCUT2D eigenvalue weighted by atomic mass is 32.2. The summed E-state index contributed by atoms with van der Waals surface area (Å²) in [6.07, 6.45) is 0. The van der Waals surface area contributed by atoms with Gasteiger partial charge in [-0.15, -0.1) is 0 Å². The molecule has 1 aliphatic carbocycles. The second-order valence-electron chi connectivity index (χ2n) is 9.18. The summed E-state index contributed by atoms with van der Waals surface area (Å²) in [4.78, 5) is 26.6. The molecular weight excluding hydrogens is 524 g/mol. The number of benzene rings is 4. The van der Waals surface area contributed by atoms with Crippen molar-refractivity contribution in [2.75, 3.05) is 13.2 Å². The lowest BCUT2D eigenvalue weighted by atomic mass is 9.88. The summed E-state index contributed by atoms with van der Waals surface area (Å²) in [6.45, 7) is 3.64. The van der Waals surface area contributed by atoms with E-state index in [1.54, 1.807) is 92.7 Å². The van der Waals surface area contributed by atoms with E-state index in [2.05, 4.69) is 0 Å². The molecule has 4 aromatic carbocycles. The summed E-state index contributed by atoms with van der Waals surface area (Å²) in [6, 6.07) is 30.8. The van der Waals surface area contributed by atoms with Crippen LogP contribution in [0.2, 0.25) is 0 Å². The smallest absolute Gasteiger partial charge is 0.338 e. The van der Waals surface area contributed by atoms with Crippen molar-refractivity contribution >= 4 is 32.9 Å². The first-order chi connectivity index (χ1) is 19.4. The van der Waals surface area contributed by atoms with Crippen molar-refractivity contribution in [1.29, 1.82) is 0 Å². The molecule has 0 heterocycles. The monoisotopic (exact) mass is 552 g/mol. The Bertz CT molecular complexity index is 1690. The number of esters is 2. The van der Waals surface area contributed by atoms with Crippen molar-refractivity contribution in [3.63, 3.8) is 0 Å². The Kier molecular flexibility index (Phi) is 7.41.